The third-order valence-electron chi connectivity index (χ3n) is 2.62. The summed E-state index contributed by atoms with van der Waals surface area (Å²) in [6, 6.07) is 7.82. The summed E-state index contributed by atoms with van der Waals surface area (Å²) < 4.78 is 5.81. The highest BCUT2D eigenvalue weighted by Gasteiger charge is 2.13. The van der Waals surface area contributed by atoms with Crippen molar-refractivity contribution in [3.63, 3.8) is 0 Å². The van der Waals surface area contributed by atoms with Crippen LogP contribution in [0, 0.1) is 0 Å². The van der Waals surface area contributed by atoms with Gasteiger partial charge in [0.25, 0.3) is 0 Å². The van der Waals surface area contributed by atoms with Crippen molar-refractivity contribution in [2.24, 2.45) is 0 Å². The number of ether oxygens (including phenoxy) is 1. The molecule has 1 aliphatic heterocycles. The highest BCUT2D eigenvalue weighted by Crippen LogP contribution is 2.14. The lowest BCUT2D eigenvalue weighted by Crippen LogP contribution is -2.28. The second-order valence-corrected chi connectivity index (χ2v) is 4.24. The average molecular weight is 225 g/mol. The van der Waals surface area contributed by atoms with Crippen molar-refractivity contribution < 1.29 is 4.74 Å². The van der Waals surface area contributed by atoms with E-state index in [0.29, 0.717) is 12.7 Å². The van der Waals surface area contributed by atoms with E-state index in [4.69, 9.17) is 16.3 Å². The molecule has 0 spiro atoms. The van der Waals surface area contributed by atoms with E-state index in [1.165, 1.54) is 5.56 Å². The molecule has 0 aromatic heterocycles. The summed E-state index contributed by atoms with van der Waals surface area (Å²) in [6.07, 6.45) is 2.51. The van der Waals surface area contributed by atoms with Crippen molar-refractivity contribution in [3.05, 3.63) is 34.9 Å². The zero-order valence-corrected chi connectivity index (χ0v) is 9.41. The number of rotatable bonds is 3. The van der Waals surface area contributed by atoms with Gasteiger partial charge in [-0.05, 0) is 30.5 Å². The quantitative estimate of drug-likeness (QED) is 0.774. The molecule has 81 valence electrons. The van der Waals surface area contributed by atoms with E-state index in [0.717, 1.165) is 31.0 Å². The molecular weight excluding hydrogens is 210 g/mol. The summed E-state index contributed by atoms with van der Waals surface area (Å²) >= 11 is 5.81. The average Bonchev–Trinajstić information content (AvgIpc) is 2.30. The van der Waals surface area contributed by atoms with Gasteiger partial charge in [0, 0.05) is 18.1 Å². The maximum absolute atomic E-state index is 5.81. The first-order valence-electron chi connectivity index (χ1n) is 5.34. The summed E-state index contributed by atoms with van der Waals surface area (Å²) in [7, 11) is 0. The van der Waals surface area contributed by atoms with E-state index >= 15 is 0 Å². The van der Waals surface area contributed by atoms with E-state index in [9.17, 15) is 0 Å². The minimum absolute atomic E-state index is 0.387. The summed E-state index contributed by atoms with van der Waals surface area (Å²) in [4.78, 5) is 0. The molecule has 1 aromatic carbocycles. The molecule has 1 radical (unpaired) electrons. The molecule has 1 aliphatic rings. The van der Waals surface area contributed by atoms with E-state index in [1.54, 1.807) is 0 Å². The Morgan fingerprint density at radius 3 is 2.53 bits per heavy atom. The van der Waals surface area contributed by atoms with Crippen LogP contribution >= 0.6 is 11.6 Å². The van der Waals surface area contributed by atoms with Crippen LogP contribution in [0.15, 0.2) is 24.3 Å². The van der Waals surface area contributed by atoms with Gasteiger partial charge in [-0.15, -0.1) is 0 Å². The lowest BCUT2D eigenvalue weighted by Gasteiger charge is -2.21. The van der Waals surface area contributed by atoms with E-state index in [1.807, 2.05) is 24.3 Å². The Bertz CT molecular complexity index is 293. The molecular formula is C12H15ClNO. The normalized spacial score (nSPS) is 17.9. The molecule has 3 heteroatoms. The standard InChI is InChI=1S/C12H15ClNO/c13-11-3-1-10(2-4-11)9-15-12-5-7-14-8-6-12/h1-4,12H,5-9H2. The van der Waals surface area contributed by atoms with Gasteiger partial charge in [-0.25, -0.2) is 5.32 Å². The van der Waals surface area contributed by atoms with Crippen molar-refractivity contribution in [1.29, 1.82) is 0 Å². The zero-order chi connectivity index (χ0) is 10.5. The fourth-order valence-electron chi connectivity index (χ4n) is 1.69. The van der Waals surface area contributed by atoms with E-state index in [2.05, 4.69) is 5.32 Å². The van der Waals surface area contributed by atoms with Gasteiger partial charge in [0.1, 0.15) is 0 Å². The predicted molar refractivity (Wildman–Crippen MR) is 61.1 cm³/mol. The van der Waals surface area contributed by atoms with Crippen LogP contribution in [0.4, 0.5) is 0 Å². The highest BCUT2D eigenvalue weighted by molar-refractivity contribution is 6.30. The smallest absolute Gasteiger partial charge is 0.0720 e. The Morgan fingerprint density at radius 2 is 1.87 bits per heavy atom. The van der Waals surface area contributed by atoms with E-state index in [-0.39, 0.29) is 0 Å². The predicted octanol–water partition coefficient (Wildman–Crippen LogP) is 2.62. The highest BCUT2D eigenvalue weighted by atomic mass is 35.5. The maximum Gasteiger partial charge on any atom is 0.0720 e. The Balaban J connectivity index is 1.79. The van der Waals surface area contributed by atoms with Crippen LogP contribution in [0.1, 0.15) is 18.4 Å². The van der Waals surface area contributed by atoms with Gasteiger partial charge >= 0.3 is 0 Å². The number of nitrogens with zero attached hydrogens (tertiary/aromatic N) is 1. The number of hydrogen-bond acceptors (Lipinski definition) is 1. The van der Waals surface area contributed by atoms with Crippen LogP contribution in [0.3, 0.4) is 0 Å². The van der Waals surface area contributed by atoms with Gasteiger partial charge in [0.05, 0.1) is 12.7 Å². The van der Waals surface area contributed by atoms with Crippen LogP contribution in [-0.4, -0.2) is 19.2 Å². The number of halogens is 1. The minimum Gasteiger partial charge on any atom is -0.373 e. The van der Waals surface area contributed by atoms with Gasteiger partial charge in [0.2, 0.25) is 0 Å². The molecule has 1 aromatic rings. The molecule has 2 nitrogen and oxygen atoms in total. The molecule has 0 unspecified atom stereocenters. The first kappa shape index (κ1) is 10.9. The Morgan fingerprint density at radius 1 is 1.20 bits per heavy atom. The maximum atomic E-state index is 5.81. The second-order valence-electron chi connectivity index (χ2n) is 3.81. The van der Waals surface area contributed by atoms with Gasteiger partial charge in [0.15, 0.2) is 0 Å². The monoisotopic (exact) mass is 224 g/mol. The molecule has 1 fully saturated rings. The SMILES string of the molecule is Clc1ccc(COC2CC[N]CC2)cc1. The third kappa shape index (κ3) is 3.49. The molecule has 1 saturated heterocycles. The van der Waals surface area contributed by atoms with E-state index < -0.39 is 0 Å². The topological polar surface area (TPSA) is 23.3 Å². The lowest BCUT2D eigenvalue weighted by molar-refractivity contribution is 0.0207. The first-order valence-corrected chi connectivity index (χ1v) is 5.72. The van der Waals surface area contributed by atoms with Crippen LogP contribution in [0.25, 0.3) is 0 Å². The molecule has 0 saturated carbocycles. The fourth-order valence-corrected chi connectivity index (χ4v) is 1.81. The van der Waals surface area contributed by atoms with Gasteiger partial charge < -0.3 is 4.74 Å². The molecule has 0 bridgehead atoms. The molecule has 0 amide bonds. The molecule has 2 rings (SSSR count). The summed E-state index contributed by atoms with van der Waals surface area (Å²) in [6.45, 7) is 2.58. The van der Waals surface area contributed by atoms with Gasteiger partial charge in [-0.3, -0.25) is 0 Å². The first-order chi connectivity index (χ1) is 7.34. The second kappa shape index (κ2) is 5.50. The molecule has 0 N–H and O–H groups in total. The summed E-state index contributed by atoms with van der Waals surface area (Å²) in [5.41, 5.74) is 1.18. The number of benzene rings is 1. The molecule has 1 heterocycles. The largest absolute Gasteiger partial charge is 0.373 e. The number of piperidine rings is 1. The molecule has 0 atom stereocenters. The fraction of sp³-hybridized carbons (Fsp3) is 0.500. The van der Waals surface area contributed by atoms with Crippen LogP contribution in [0.2, 0.25) is 5.02 Å². The third-order valence-corrected chi connectivity index (χ3v) is 2.87. The van der Waals surface area contributed by atoms with Gasteiger partial charge in [-0.1, -0.05) is 23.7 Å². The van der Waals surface area contributed by atoms with Crippen molar-refractivity contribution >= 4 is 11.6 Å². The molecule has 0 aliphatic carbocycles. The van der Waals surface area contributed by atoms with Crippen molar-refractivity contribution in [1.82, 2.24) is 5.32 Å². The Hall–Kier alpha value is -0.570. The van der Waals surface area contributed by atoms with Gasteiger partial charge in [-0.2, -0.15) is 0 Å². The lowest BCUT2D eigenvalue weighted by atomic mass is 10.1. The zero-order valence-electron chi connectivity index (χ0n) is 8.66. The van der Waals surface area contributed by atoms with Crippen LogP contribution in [-0.2, 0) is 11.3 Å². The minimum atomic E-state index is 0.387. The van der Waals surface area contributed by atoms with Crippen LogP contribution in [0.5, 0.6) is 0 Å². The Labute approximate surface area is 95.6 Å². The van der Waals surface area contributed by atoms with Crippen molar-refractivity contribution in [2.75, 3.05) is 13.1 Å². The number of hydrogen-bond donors (Lipinski definition) is 0. The molecule has 15 heavy (non-hydrogen) atoms. The summed E-state index contributed by atoms with van der Waals surface area (Å²) in [5.74, 6) is 0. The van der Waals surface area contributed by atoms with Crippen LogP contribution < -0.4 is 5.32 Å². The Kier molecular flexibility index (Phi) is 4.01. The van der Waals surface area contributed by atoms with Crippen molar-refractivity contribution in [3.8, 4) is 0 Å². The summed E-state index contributed by atoms with van der Waals surface area (Å²) in [5, 5.41) is 5.07. The van der Waals surface area contributed by atoms with Crippen molar-refractivity contribution in [2.45, 2.75) is 25.6 Å².